The number of Topliss-reactive ketones (excluding diaryl/α,β-unsaturated/α-hetero) is 1. The molecule has 0 bridgehead atoms. The first-order chi connectivity index (χ1) is 5.74. The number of nitrogens with one attached hydrogen (secondary N) is 1. The van der Waals surface area contributed by atoms with E-state index in [2.05, 4.69) is 5.32 Å². The maximum Gasteiger partial charge on any atom is 0.223 e. The number of amides is 1. The summed E-state index contributed by atoms with van der Waals surface area (Å²) in [6.45, 7) is 0.749. The molecule has 0 aliphatic carbocycles. The highest BCUT2D eigenvalue weighted by molar-refractivity contribution is 6.27. The van der Waals surface area contributed by atoms with Crippen LogP contribution in [0.25, 0.3) is 0 Å². The third-order valence-corrected chi connectivity index (χ3v) is 2.38. The molecule has 0 spiro atoms. The molecule has 1 saturated heterocycles. The number of ketones is 1. The Morgan fingerprint density at radius 1 is 1.67 bits per heavy atom. The molecule has 68 valence electrons. The summed E-state index contributed by atoms with van der Waals surface area (Å²) in [6, 6.07) is 0. The predicted molar refractivity (Wildman–Crippen MR) is 46.1 cm³/mol. The van der Waals surface area contributed by atoms with E-state index in [9.17, 15) is 9.59 Å². The summed E-state index contributed by atoms with van der Waals surface area (Å²) < 4.78 is 0. The Bertz CT molecular complexity index is 193. The number of carbonyl (C=O) groups is 2. The fraction of sp³-hybridized carbons (Fsp3) is 0.750. The Kier molecular flexibility index (Phi) is 3.53. The molecule has 1 N–H and O–H groups in total. The number of carbonyl (C=O) groups excluding carboxylic acids is 2. The van der Waals surface area contributed by atoms with Crippen LogP contribution in [0.3, 0.4) is 0 Å². The molecule has 3 nitrogen and oxygen atoms in total. The molecule has 1 aliphatic rings. The zero-order chi connectivity index (χ0) is 8.97. The van der Waals surface area contributed by atoms with Crippen molar-refractivity contribution < 1.29 is 9.59 Å². The molecule has 4 heteroatoms. The third-order valence-electron chi connectivity index (χ3n) is 2.08. The lowest BCUT2D eigenvalue weighted by Crippen LogP contribution is -2.19. The maximum absolute atomic E-state index is 11.0. The van der Waals surface area contributed by atoms with Gasteiger partial charge in [-0.15, -0.1) is 11.6 Å². The number of hydrogen-bond donors (Lipinski definition) is 1. The fourth-order valence-electron chi connectivity index (χ4n) is 1.32. The molecule has 1 fully saturated rings. The molecule has 0 aromatic carbocycles. The fourth-order valence-corrected chi connectivity index (χ4v) is 1.46. The van der Waals surface area contributed by atoms with Crippen molar-refractivity contribution in [2.75, 3.05) is 12.4 Å². The smallest absolute Gasteiger partial charge is 0.223 e. The second-order valence-corrected chi connectivity index (χ2v) is 3.25. The van der Waals surface area contributed by atoms with Gasteiger partial charge in [0.15, 0.2) is 0 Å². The first kappa shape index (κ1) is 9.52. The monoisotopic (exact) mass is 189 g/mol. The highest BCUT2D eigenvalue weighted by atomic mass is 35.5. The molecule has 1 rings (SSSR count). The molecule has 1 aliphatic heterocycles. The molecule has 1 unspecified atom stereocenters. The summed E-state index contributed by atoms with van der Waals surface area (Å²) in [6.07, 6.45) is 1.94. The maximum atomic E-state index is 11.0. The Labute approximate surface area is 76.5 Å². The molecule has 0 aromatic rings. The SMILES string of the molecule is O=C(CCl)CCC1CCNC1=O. The van der Waals surface area contributed by atoms with Crippen LogP contribution in [0, 0.1) is 5.92 Å². The zero-order valence-corrected chi connectivity index (χ0v) is 7.56. The minimum absolute atomic E-state index is 0.0244. The first-order valence-electron chi connectivity index (χ1n) is 4.09. The van der Waals surface area contributed by atoms with E-state index in [0.29, 0.717) is 12.8 Å². The van der Waals surface area contributed by atoms with Gasteiger partial charge in [-0.2, -0.15) is 0 Å². The number of rotatable bonds is 4. The van der Waals surface area contributed by atoms with E-state index in [4.69, 9.17) is 11.6 Å². The van der Waals surface area contributed by atoms with E-state index in [1.54, 1.807) is 0 Å². The van der Waals surface area contributed by atoms with Crippen LogP contribution in [-0.4, -0.2) is 24.1 Å². The van der Waals surface area contributed by atoms with Gasteiger partial charge in [-0.25, -0.2) is 0 Å². The third kappa shape index (κ3) is 2.48. The average Bonchev–Trinajstić information content (AvgIpc) is 2.47. The van der Waals surface area contributed by atoms with Crippen LogP contribution in [0.2, 0.25) is 0 Å². The van der Waals surface area contributed by atoms with Gasteiger partial charge in [0.25, 0.3) is 0 Å². The highest BCUT2D eigenvalue weighted by Gasteiger charge is 2.23. The van der Waals surface area contributed by atoms with Gasteiger partial charge in [0, 0.05) is 18.9 Å². The topological polar surface area (TPSA) is 46.2 Å². The van der Waals surface area contributed by atoms with Crippen molar-refractivity contribution in [3.8, 4) is 0 Å². The molecule has 0 radical (unpaired) electrons. The molecule has 1 atom stereocenters. The van der Waals surface area contributed by atoms with Crippen molar-refractivity contribution in [1.29, 1.82) is 0 Å². The minimum Gasteiger partial charge on any atom is -0.356 e. The largest absolute Gasteiger partial charge is 0.356 e. The highest BCUT2D eigenvalue weighted by Crippen LogP contribution is 2.15. The van der Waals surface area contributed by atoms with Crippen molar-refractivity contribution in [3.05, 3.63) is 0 Å². The minimum atomic E-state index is 0.0244. The Morgan fingerprint density at radius 3 is 2.92 bits per heavy atom. The van der Waals surface area contributed by atoms with Crippen molar-refractivity contribution in [3.63, 3.8) is 0 Å². The van der Waals surface area contributed by atoms with E-state index >= 15 is 0 Å². The lowest BCUT2D eigenvalue weighted by Gasteiger charge is -2.03. The van der Waals surface area contributed by atoms with Gasteiger partial charge in [-0.05, 0) is 12.8 Å². The molecule has 12 heavy (non-hydrogen) atoms. The molecular formula is C8H12ClNO2. The van der Waals surface area contributed by atoms with Crippen molar-refractivity contribution in [2.45, 2.75) is 19.3 Å². The lowest BCUT2D eigenvalue weighted by molar-refractivity contribution is -0.123. The van der Waals surface area contributed by atoms with Gasteiger partial charge in [0.05, 0.1) is 5.88 Å². The molecule has 0 saturated carbocycles. The summed E-state index contributed by atoms with van der Waals surface area (Å²) in [5.41, 5.74) is 0. The van der Waals surface area contributed by atoms with Crippen molar-refractivity contribution in [2.24, 2.45) is 5.92 Å². The number of hydrogen-bond acceptors (Lipinski definition) is 2. The molecular weight excluding hydrogens is 178 g/mol. The Balaban J connectivity index is 2.22. The van der Waals surface area contributed by atoms with Gasteiger partial charge in [-0.3, -0.25) is 9.59 Å². The number of alkyl halides is 1. The van der Waals surface area contributed by atoms with Gasteiger partial charge in [0.1, 0.15) is 5.78 Å². The van der Waals surface area contributed by atoms with E-state index in [1.165, 1.54) is 0 Å². The van der Waals surface area contributed by atoms with Crippen LogP contribution in [0.4, 0.5) is 0 Å². The van der Waals surface area contributed by atoms with Crippen LogP contribution >= 0.6 is 11.6 Å². The predicted octanol–water partition coefficient (Wildman–Crippen LogP) is 0.711. The average molecular weight is 190 g/mol. The van der Waals surface area contributed by atoms with Gasteiger partial charge >= 0.3 is 0 Å². The van der Waals surface area contributed by atoms with E-state index in [-0.39, 0.29) is 23.5 Å². The summed E-state index contributed by atoms with van der Waals surface area (Å²) in [7, 11) is 0. The van der Waals surface area contributed by atoms with Gasteiger partial charge in [0.2, 0.25) is 5.91 Å². The summed E-state index contributed by atoms with van der Waals surface area (Å²) in [5.74, 6) is 0.208. The Hall–Kier alpha value is -0.570. The summed E-state index contributed by atoms with van der Waals surface area (Å²) in [4.78, 5) is 21.8. The normalized spacial score (nSPS) is 22.4. The van der Waals surface area contributed by atoms with Crippen LogP contribution in [0.5, 0.6) is 0 Å². The van der Waals surface area contributed by atoms with E-state index in [1.807, 2.05) is 0 Å². The lowest BCUT2D eigenvalue weighted by atomic mass is 10.0. The van der Waals surface area contributed by atoms with Crippen molar-refractivity contribution in [1.82, 2.24) is 5.32 Å². The van der Waals surface area contributed by atoms with E-state index in [0.717, 1.165) is 13.0 Å². The van der Waals surface area contributed by atoms with Gasteiger partial charge in [-0.1, -0.05) is 0 Å². The second kappa shape index (κ2) is 4.45. The van der Waals surface area contributed by atoms with Crippen LogP contribution < -0.4 is 5.32 Å². The first-order valence-corrected chi connectivity index (χ1v) is 4.63. The Morgan fingerprint density at radius 2 is 2.42 bits per heavy atom. The van der Waals surface area contributed by atoms with Crippen LogP contribution in [-0.2, 0) is 9.59 Å². The van der Waals surface area contributed by atoms with Gasteiger partial charge < -0.3 is 5.32 Å². The quantitative estimate of drug-likeness (QED) is 0.663. The molecule has 0 aromatic heterocycles. The van der Waals surface area contributed by atoms with Crippen LogP contribution in [0.1, 0.15) is 19.3 Å². The van der Waals surface area contributed by atoms with E-state index < -0.39 is 0 Å². The molecule has 1 heterocycles. The van der Waals surface area contributed by atoms with Crippen LogP contribution in [0.15, 0.2) is 0 Å². The summed E-state index contributed by atoms with van der Waals surface area (Å²) >= 11 is 5.32. The standard InChI is InChI=1S/C8H12ClNO2/c9-5-7(11)2-1-6-3-4-10-8(6)12/h6H,1-5H2,(H,10,12). The second-order valence-electron chi connectivity index (χ2n) is 2.99. The molecule has 1 amide bonds. The summed E-state index contributed by atoms with van der Waals surface area (Å²) in [5, 5.41) is 2.73. The van der Waals surface area contributed by atoms with Crippen molar-refractivity contribution >= 4 is 23.3 Å². The zero-order valence-electron chi connectivity index (χ0n) is 6.81. The number of halogens is 1.